The van der Waals surface area contributed by atoms with Gasteiger partial charge in [-0.25, -0.2) is 0 Å². The van der Waals surface area contributed by atoms with Gasteiger partial charge in [-0.05, 0) is 31.7 Å². The number of nitrogens with one attached hydrogen (secondary N) is 1. The van der Waals surface area contributed by atoms with E-state index >= 15 is 0 Å². The number of aryl methyl sites for hydroxylation is 1. The SMILES string of the molecule is CCC[C@@H]1CCC[C@H]([C@H](O)c2ccc(C)cc2)N1. The molecule has 1 aromatic rings. The molecular formula is C16H25NO. The van der Waals surface area contributed by atoms with Crippen LogP contribution in [-0.4, -0.2) is 17.2 Å². The Kier molecular flexibility index (Phi) is 4.79. The number of rotatable bonds is 4. The van der Waals surface area contributed by atoms with Crippen molar-refractivity contribution in [1.82, 2.24) is 5.32 Å². The average Bonchev–Trinajstić information content (AvgIpc) is 2.39. The van der Waals surface area contributed by atoms with Gasteiger partial charge in [-0.3, -0.25) is 0 Å². The highest BCUT2D eigenvalue weighted by atomic mass is 16.3. The Balaban J connectivity index is 1.99. The molecular weight excluding hydrogens is 222 g/mol. The van der Waals surface area contributed by atoms with E-state index in [9.17, 15) is 5.11 Å². The summed E-state index contributed by atoms with van der Waals surface area (Å²) in [6.07, 6.45) is 5.62. The van der Waals surface area contributed by atoms with E-state index in [2.05, 4.69) is 31.3 Å². The van der Waals surface area contributed by atoms with E-state index in [0.29, 0.717) is 6.04 Å². The zero-order chi connectivity index (χ0) is 13.0. The van der Waals surface area contributed by atoms with E-state index < -0.39 is 0 Å². The number of aliphatic hydroxyl groups is 1. The predicted molar refractivity (Wildman–Crippen MR) is 75.6 cm³/mol. The van der Waals surface area contributed by atoms with E-state index in [-0.39, 0.29) is 12.1 Å². The first-order chi connectivity index (χ1) is 8.70. The number of piperidine rings is 1. The smallest absolute Gasteiger partial charge is 0.0943 e. The van der Waals surface area contributed by atoms with Gasteiger partial charge in [0, 0.05) is 12.1 Å². The number of hydrogen-bond acceptors (Lipinski definition) is 2. The molecule has 1 fully saturated rings. The Morgan fingerprint density at radius 3 is 2.67 bits per heavy atom. The molecule has 1 saturated heterocycles. The molecule has 1 aliphatic heterocycles. The van der Waals surface area contributed by atoms with Crippen molar-refractivity contribution >= 4 is 0 Å². The summed E-state index contributed by atoms with van der Waals surface area (Å²) >= 11 is 0. The molecule has 0 radical (unpaired) electrons. The lowest BCUT2D eigenvalue weighted by atomic mass is 9.90. The fraction of sp³-hybridized carbons (Fsp3) is 0.625. The Labute approximate surface area is 110 Å². The van der Waals surface area contributed by atoms with Crippen LogP contribution < -0.4 is 5.32 Å². The molecule has 0 bridgehead atoms. The van der Waals surface area contributed by atoms with Gasteiger partial charge in [0.2, 0.25) is 0 Å². The van der Waals surface area contributed by atoms with Crippen LogP contribution in [0.3, 0.4) is 0 Å². The van der Waals surface area contributed by atoms with E-state index in [1.54, 1.807) is 0 Å². The highest BCUT2D eigenvalue weighted by Gasteiger charge is 2.26. The molecule has 0 saturated carbocycles. The topological polar surface area (TPSA) is 32.3 Å². The van der Waals surface area contributed by atoms with Crippen molar-refractivity contribution in [2.45, 2.75) is 64.1 Å². The van der Waals surface area contributed by atoms with Gasteiger partial charge >= 0.3 is 0 Å². The van der Waals surface area contributed by atoms with E-state index in [1.165, 1.54) is 31.2 Å². The standard InChI is InChI=1S/C16H25NO/c1-3-5-14-6-4-7-15(17-14)16(18)13-10-8-12(2)9-11-13/h8-11,14-18H,3-7H2,1-2H3/t14-,15-,16-/m1/s1. The Hall–Kier alpha value is -0.860. The molecule has 0 amide bonds. The second-order valence-corrected chi connectivity index (χ2v) is 5.55. The molecule has 0 spiro atoms. The van der Waals surface area contributed by atoms with Crippen LogP contribution in [0.1, 0.15) is 56.3 Å². The highest BCUT2D eigenvalue weighted by Crippen LogP contribution is 2.26. The van der Waals surface area contributed by atoms with Crippen molar-refractivity contribution in [3.8, 4) is 0 Å². The van der Waals surface area contributed by atoms with Gasteiger partial charge in [0.05, 0.1) is 6.10 Å². The summed E-state index contributed by atoms with van der Waals surface area (Å²) in [5, 5.41) is 14.1. The van der Waals surface area contributed by atoms with Crippen LogP contribution in [0.5, 0.6) is 0 Å². The van der Waals surface area contributed by atoms with Gasteiger partial charge in [0.1, 0.15) is 0 Å². The fourth-order valence-corrected chi connectivity index (χ4v) is 2.87. The lowest BCUT2D eigenvalue weighted by Crippen LogP contribution is -2.45. The molecule has 18 heavy (non-hydrogen) atoms. The first-order valence-electron chi connectivity index (χ1n) is 7.21. The molecule has 1 aromatic carbocycles. The number of aliphatic hydroxyl groups excluding tert-OH is 1. The summed E-state index contributed by atoms with van der Waals surface area (Å²) in [6.45, 7) is 4.30. The third-order valence-corrected chi connectivity index (χ3v) is 3.95. The molecule has 2 N–H and O–H groups in total. The molecule has 0 aromatic heterocycles. The summed E-state index contributed by atoms with van der Waals surface area (Å²) < 4.78 is 0. The molecule has 1 heterocycles. The number of hydrogen-bond donors (Lipinski definition) is 2. The summed E-state index contributed by atoms with van der Waals surface area (Å²) in [4.78, 5) is 0. The largest absolute Gasteiger partial charge is 0.387 e. The van der Waals surface area contributed by atoms with Crippen LogP contribution >= 0.6 is 0 Å². The van der Waals surface area contributed by atoms with Gasteiger partial charge < -0.3 is 10.4 Å². The molecule has 2 heteroatoms. The fourth-order valence-electron chi connectivity index (χ4n) is 2.87. The second kappa shape index (κ2) is 6.35. The van der Waals surface area contributed by atoms with Crippen molar-refractivity contribution in [2.24, 2.45) is 0 Å². The van der Waals surface area contributed by atoms with Crippen molar-refractivity contribution in [1.29, 1.82) is 0 Å². The van der Waals surface area contributed by atoms with Crippen LogP contribution in [0.4, 0.5) is 0 Å². The lowest BCUT2D eigenvalue weighted by molar-refractivity contribution is 0.0998. The summed E-state index contributed by atoms with van der Waals surface area (Å²) in [6, 6.07) is 9.05. The molecule has 0 aliphatic carbocycles. The third kappa shape index (κ3) is 3.33. The van der Waals surface area contributed by atoms with Crippen LogP contribution in [0.25, 0.3) is 0 Å². The molecule has 2 rings (SSSR count). The molecule has 1 aliphatic rings. The van der Waals surface area contributed by atoms with Crippen molar-refractivity contribution in [3.63, 3.8) is 0 Å². The van der Waals surface area contributed by atoms with Crippen molar-refractivity contribution < 1.29 is 5.11 Å². The van der Waals surface area contributed by atoms with Crippen LogP contribution in [0.15, 0.2) is 24.3 Å². The van der Waals surface area contributed by atoms with Crippen LogP contribution in [0.2, 0.25) is 0 Å². The van der Waals surface area contributed by atoms with Gasteiger partial charge in [0.25, 0.3) is 0 Å². The van der Waals surface area contributed by atoms with Gasteiger partial charge in [0.15, 0.2) is 0 Å². The minimum atomic E-state index is -0.370. The quantitative estimate of drug-likeness (QED) is 0.855. The summed E-state index contributed by atoms with van der Waals surface area (Å²) in [7, 11) is 0. The van der Waals surface area contributed by atoms with Crippen LogP contribution in [0, 0.1) is 6.92 Å². The summed E-state index contributed by atoms with van der Waals surface area (Å²) in [5.74, 6) is 0. The van der Waals surface area contributed by atoms with Crippen molar-refractivity contribution in [3.05, 3.63) is 35.4 Å². The van der Waals surface area contributed by atoms with E-state index in [0.717, 1.165) is 12.0 Å². The molecule has 3 atom stereocenters. The van der Waals surface area contributed by atoms with E-state index in [4.69, 9.17) is 0 Å². The summed E-state index contributed by atoms with van der Waals surface area (Å²) in [5.41, 5.74) is 2.28. The minimum absolute atomic E-state index is 0.220. The van der Waals surface area contributed by atoms with Gasteiger partial charge in [-0.1, -0.05) is 49.6 Å². The Morgan fingerprint density at radius 1 is 1.28 bits per heavy atom. The molecule has 0 unspecified atom stereocenters. The third-order valence-electron chi connectivity index (χ3n) is 3.95. The Bertz CT molecular complexity index is 358. The maximum absolute atomic E-state index is 10.5. The lowest BCUT2D eigenvalue weighted by Gasteiger charge is -2.34. The predicted octanol–water partition coefficient (Wildman–Crippen LogP) is 3.34. The van der Waals surface area contributed by atoms with Crippen molar-refractivity contribution in [2.75, 3.05) is 0 Å². The Morgan fingerprint density at radius 2 is 2.00 bits per heavy atom. The first kappa shape index (κ1) is 13.6. The average molecular weight is 247 g/mol. The highest BCUT2D eigenvalue weighted by molar-refractivity contribution is 5.24. The normalized spacial score (nSPS) is 25.9. The monoisotopic (exact) mass is 247 g/mol. The zero-order valence-corrected chi connectivity index (χ0v) is 11.5. The van der Waals surface area contributed by atoms with E-state index in [1.807, 2.05) is 12.1 Å². The molecule has 100 valence electrons. The second-order valence-electron chi connectivity index (χ2n) is 5.55. The molecule has 2 nitrogen and oxygen atoms in total. The zero-order valence-electron chi connectivity index (χ0n) is 11.5. The minimum Gasteiger partial charge on any atom is -0.387 e. The maximum Gasteiger partial charge on any atom is 0.0943 e. The first-order valence-corrected chi connectivity index (χ1v) is 7.21. The maximum atomic E-state index is 10.5. The van der Waals surface area contributed by atoms with Gasteiger partial charge in [-0.15, -0.1) is 0 Å². The van der Waals surface area contributed by atoms with Gasteiger partial charge in [-0.2, -0.15) is 0 Å². The van der Waals surface area contributed by atoms with Crippen LogP contribution in [-0.2, 0) is 0 Å². The number of benzene rings is 1.